The lowest BCUT2D eigenvalue weighted by atomic mass is 10.1. The van der Waals surface area contributed by atoms with Crippen molar-refractivity contribution in [1.29, 1.82) is 0 Å². The van der Waals surface area contributed by atoms with Crippen molar-refractivity contribution in [2.75, 3.05) is 13.2 Å². The van der Waals surface area contributed by atoms with E-state index in [1.807, 2.05) is 63.2 Å². The molecule has 2 aromatic carbocycles. The van der Waals surface area contributed by atoms with Gasteiger partial charge in [-0.1, -0.05) is 24.3 Å². The molecule has 0 aliphatic rings. The third kappa shape index (κ3) is 4.76. The van der Waals surface area contributed by atoms with E-state index in [2.05, 4.69) is 10.3 Å². The summed E-state index contributed by atoms with van der Waals surface area (Å²) in [6.07, 6.45) is -0.660. The van der Waals surface area contributed by atoms with Crippen LogP contribution in [0.2, 0.25) is 0 Å². The Hall–Kier alpha value is -2.63. The Morgan fingerprint density at radius 2 is 1.96 bits per heavy atom. The monoisotopic (exact) mass is 366 g/mol. The number of aromatic amines is 1. The molecule has 0 bridgehead atoms. The zero-order valence-electron chi connectivity index (χ0n) is 16.0. The summed E-state index contributed by atoms with van der Waals surface area (Å²) in [5, 5.41) is 14.3. The van der Waals surface area contributed by atoms with Gasteiger partial charge in [0.15, 0.2) is 0 Å². The van der Waals surface area contributed by atoms with Gasteiger partial charge in [-0.25, -0.2) is 0 Å². The standard InChI is InChI=1S/C22H26N2O3/c1-14-7-8-17-10-18(22(26)24-20(17)9-14)11-23-12-19(25)13-27-21-6-4-5-15(2)16(21)3/h4-10,19,23,25H,11-13H2,1-3H3,(H,24,26). The normalized spacial score (nSPS) is 12.3. The Bertz CT molecular complexity index is 995. The highest BCUT2D eigenvalue weighted by Gasteiger charge is 2.09. The highest BCUT2D eigenvalue weighted by Crippen LogP contribution is 2.20. The minimum Gasteiger partial charge on any atom is -0.491 e. The van der Waals surface area contributed by atoms with Gasteiger partial charge in [0.2, 0.25) is 0 Å². The summed E-state index contributed by atoms with van der Waals surface area (Å²) in [6, 6.07) is 13.7. The maximum absolute atomic E-state index is 12.2. The Morgan fingerprint density at radius 1 is 1.15 bits per heavy atom. The smallest absolute Gasteiger partial charge is 0.252 e. The quantitative estimate of drug-likeness (QED) is 0.601. The number of aromatic nitrogens is 1. The van der Waals surface area contributed by atoms with Crippen molar-refractivity contribution in [3.8, 4) is 5.75 Å². The first kappa shape index (κ1) is 19.1. The second kappa shape index (κ2) is 8.37. The van der Waals surface area contributed by atoms with Gasteiger partial charge in [0.05, 0.1) is 0 Å². The Balaban J connectivity index is 1.54. The molecule has 5 nitrogen and oxygen atoms in total. The van der Waals surface area contributed by atoms with Crippen molar-refractivity contribution in [1.82, 2.24) is 10.3 Å². The summed E-state index contributed by atoms with van der Waals surface area (Å²) in [6.45, 7) is 6.96. The van der Waals surface area contributed by atoms with Crippen LogP contribution in [0.4, 0.5) is 0 Å². The number of H-pyrrole nitrogens is 1. The SMILES string of the molecule is Cc1ccc2cc(CNCC(O)COc3cccc(C)c3C)c(=O)[nH]c2c1. The minimum absolute atomic E-state index is 0.110. The fourth-order valence-corrected chi connectivity index (χ4v) is 2.99. The van der Waals surface area contributed by atoms with E-state index in [1.54, 1.807) is 0 Å². The Kier molecular flexibility index (Phi) is 5.94. The molecule has 0 spiro atoms. The van der Waals surface area contributed by atoms with Gasteiger partial charge in [-0.2, -0.15) is 0 Å². The zero-order chi connectivity index (χ0) is 19.4. The summed E-state index contributed by atoms with van der Waals surface area (Å²) < 4.78 is 5.72. The van der Waals surface area contributed by atoms with Crippen LogP contribution in [-0.2, 0) is 6.54 Å². The van der Waals surface area contributed by atoms with Gasteiger partial charge in [-0.05, 0) is 61.0 Å². The molecule has 3 N–H and O–H groups in total. The summed E-state index contributed by atoms with van der Waals surface area (Å²) in [5.41, 5.74) is 4.72. The van der Waals surface area contributed by atoms with Crippen LogP contribution in [0.25, 0.3) is 10.9 Å². The topological polar surface area (TPSA) is 74.3 Å². The van der Waals surface area contributed by atoms with Crippen molar-refractivity contribution in [3.05, 3.63) is 75.1 Å². The molecule has 3 rings (SSSR count). The summed E-state index contributed by atoms with van der Waals surface area (Å²) in [7, 11) is 0. The number of hydrogen-bond donors (Lipinski definition) is 3. The molecule has 1 atom stereocenters. The van der Waals surface area contributed by atoms with Gasteiger partial charge in [-0.15, -0.1) is 0 Å². The van der Waals surface area contributed by atoms with Crippen LogP contribution in [-0.4, -0.2) is 29.3 Å². The molecule has 1 heterocycles. The van der Waals surface area contributed by atoms with Crippen molar-refractivity contribution < 1.29 is 9.84 Å². The minimum atomic E-state index is -0.660. The Labute approximate surface area is 159 Å². The fraction of sp³-hybridized carbons (Fsp3) is 0.318. The molecule has 27 heavy (non-hydrogen) atoms. The molecular weight excluding hydrogens is 340 g/mol. The summed E-state index contributed by atoms with van der Waals surface area (Å²) in [5.74, 6) is 0.787. The van der Waals surface area contributed by atoms with E-state index in [1.165, 1.54) is 0 Å². The molecule has 0 fully saturated rings. The second-order valence-electron chi connectivity index (χ2n) is 7.01. The maximum atomic E-state index is 12.2. The molecule has 0 saturated heterocycles. The van der Waals surface area contributed by atoms with E-state index in [4.69, 9.17) is 4.74 Å². The van der Waals surface area contributed by atoms with Gasteiger partial charge in [0.25, 0.3) is 5.56 Å². The van der Waals surface area contributed by atoms with E-state index in [9.17, 15) is 9.90 Å². The third-order valence-corrected chi connectivity index (χ3v) is 4.76. The molecular formula is C22H26N2O3. The van der Waals surface area contributed by atoms with Crippen LogP contribution in [0.15, 0.2) is 47.3 Å². The molecule has 5 heteroatoms. The molecule has 0 amide bonds. The lowest BCUT2D eigenvalue weighted by Gasteiger charge is -2.15. The number of benzene rings is 2. The van der Waals surface area contributed by atoms with Crippen LogP contribution < -0.4 is 15.6 Å². The van der Waals surface area contributed by atoms with Crippen LogP contribution in [0.5, 0.6) is 5.75 Å². The molecule has 3 aromatic rings. The third-order valence-electron chi connectivity index (χ3n) is 4.76. The van der Waals surface area contributed by atoms with Gasteiger partial charge < -0.3 is 20.1 Å². The predicted octanol–water partition coefficient (Wildman–Crippen LogP) is 2.98. The molecule has 0 aliphatic heterocycles. The zero-order valence-corrected chi connectivity index (χ0v) is 16.0. The second-order valence-corrected chi connectivity index (χ2v) is 7.01. The average molecular weight is 366 g/mol. The number of fused-ring (bicyclic) bond motifs is 1. The number of nitrogens with one attached hydrogen (secondary N) is 2. The van der Waals surface area contributed by atoms with Gasteiger partial charge >= 0.3 is 0 Å². The van der Waals surface area contributed by atoms with Gasteiger partial charge in [0, 0.05) is 24.2 Å². The van der Waals surface area contributed by atoms with E-state index >= 15 is 0 Å². The number of aryl methyl sites for hydroxylation is 2. The van der Waals surface area contributed by atoms with Crippen molar-refractivity contribution in [2.45, 2.75) is 33.4 Å². The first-order valence-electron chi connectivity index (χ1n) is 9.14. The Morgan fingerprint density at radius 3 is 2.78 bits per heavy atom. The summed E-state index contributed by atoms with van der Waals surface area (Å²) >= 11 is 0. The van der Waals surface area contributed by atoms with Gasteiger partial charge in [-0.3, -0.25) is 4.79 Å². The highest BCUT2D eigenvalue weighted by atomic mass is 16.5. The molecule has 1 aromatic heterocycles. The number of pyridine rings is 1. The van der Waals surface area contributed by atoms with Crippen LogP contribution >= 0.6 is 0 Å². The van der Waals surface area contributed by atoms with E-state index < -0.39 is 6.10 Å². The lowest BCUT2D eigenvalue weighted by molar-refractivity contribution is 0.106. The van der Waals surface area contributed by atoms with E-state index in [0.29, 0.717) is 18.7 Å². The predicted molar refractivity (Wildman–Crippen MR) is 108 cm³/mol. The molecule has 0 saturated carbocycles. The van der Waals surface area contributed by atoms with Crippen molar-refractivity contribution in [3.63, 3.8) is 0 Å². The van der Waals surface area contributed by atoms with Crippen LogP contribution in [0.1, 0.15) is 22.3 Å². The van der Waals surface area contributed by atoms with E-state index in [-0.39, 0.29) is 12.2 Å². The van der Waals surface area contributed by atoms with Crippen LogP contribution in [0.3, 0.4) is 0 Å². The number of hydrogen-bond acceptors (Lipinski definition) is 4. The lowest BCUT2D eigenvalue weighted by Crippen LogP contribution is -2.32. The largest absolute Gasteiger partial charge is 0.491 e. The summed E-state index contributed by atoms with van der Waals surface area (Å²) in [4.78, 5) is 15.1. The number of aliphatic hydroxyl groups excluding tert-OH is 1. The highest BCUT2D eigenvalue weighted by molar-refractivity contribution is 5.79. The van der Waals surface area contributed by atoms with E-state index in [0.717, 1.165) is 33.3 Å². The van der Waals surface area contributed by atoms with Crippen molar-refractivity contribution in [2.24, 2.45) is 0 Å². The molecule has 1 unspecified atom stereocenters. The molecule has 0 aliphatic carbocycles. The molecule has 142 valence electrons. The van der Waals surface area contributed by atoms with Gasteiger partial charge in [0.1, 0.15) is 18.5 Å². The number of rotatable bonds is 7. The first-order chi connectivity index (χ1) is 12.9. The van der Waals surface area contributed by atoms with Crippen molar-refractivity contribution >= 4 is 10.9 Å². The fourth-order valence-electron chi connectivity index (χ4n) is 2.99. The number of aliphatic hydroxyl groups is 1. The average Bonchev–Trinajstić information content (AvgIpc) is 2.63. The van der Waals surface area contributed by atoms with Crippen LogP contribution in [0, 0.1) is 20.8 Å². The number of ether oxygens (including phenoxy) is 1. The molecule has 0 radical (unpaired) electrons. The maximum Gasteiger partial charge on any atom is 0.252 e. The first-order valence-corrected chi connectivity index (χ1v) is 9.14.